The summed E-state index contributed by atoms with van der Waals surface area (Å²) < 4.78 is 46.4. The molecule has 2 aromatic rings. The highest BCUT2D eigenvalue weighted by Crippen LogP contribution is 2.27. The third kappa shape index (κ3) is 5.33. The fourth-order valence-corrected chi connectivity index (χ4v) is 5.76. The number of rotatable bonds is 8. The molecule has 2 aromatic carbocycles. The summed E-state index contributed by atoms with van der Waals surface area (Å²) in [7, 11) is -2.38. The zero-order chi connectivity index (χ0) is 22.6. The molecule has 0 aromatic heterocycles. The number of halogens is 1. The molecule has 1 heterocycles. The smallest absolute Gasteiger partial charge is 0.241 e. The van der Waals surface area contributed by atoms with Gasteiger partial charge in [-0.3, -0.25) is 20.0 Å². The van der Waals surface area contributed by atoms with Crippen LogP contribution in [0.4, 0.5) is 10.1 Å². The number of ether oxygens (including phenoxy) is 1. The molecule has 0 bridgehead atoms. The van der Waals surface area contributed by atoms with Crippen molar-refractivity contribution in [1.29, 1.82) is 0 Å². The van der Waals surface area contributed by atoms with E-state index < -0.39 is 21.2 Å². The van der Waals surface area contributed by atoms with E-state index in [0.717, 1.165) is 4.31 Å². The summed E-state index contributed by atoms with van der Waals surface area (Å²) in [6, 6.07) is 11.5. The largest absolute Gasteiger partial charge is 0.497 e. The first-order valence-corrected chi connectivity index (χ1v) is 11.4. The van der Waals surface area contributed by atoms with Crippen LogP contribution < -0.4 is 25.2 Å². The molecule has 8 nitrogen and oxygen atoms in total. The Morgan fingerprint density at radius 3 is 2.19 bits per heavy atom. The van der Waals surface area contributed by atoms with E-state index in [1.54, 1.807) is 50.2 Å². The third-order valence-corrected chi connectivity index (χ3v) is 7.68. The zero-order valence-corrected chi connectivity index (χ0v) is 18.4. The van der Waals surface area contributed by atoms with Gasteiger partial charge in [0.05, 0.1) is 12.8 Å². The number of methoxy groups -OCH3 is 1. The minimum absolute atomic E-state index is 0.162. The highest BCUT2D eigenvalue weighted by molar-refractivity contribution is 7.93. The van der Waals surface area contributed by atoms with Crippen molar-refractivity contribution in [3.63, 3.8) is 0 Å². The van der Waals surface area contributed by atoms with Gasteiger partial charge in [-0.2, -0.15) is 0 Å². The topological polar surface area (TPSA) is 99.8 Å². The van der Waals surface area contributed by atoms with Gasteiger partial charge in [0.15, 0.2) is 0 Å². The number of amides is 1. The highest BCUT2D eigenvalue weighted by atomic mass is 32.2. The first-order valence-electron chi connectivity index (χ1n) is 9.90. The first kappa shape index (κ1) is 23.0. The van der Waals surface area contributed by atoms with Crippen LogP contribution in [0.25, 0.3) is 0 Å². The summed E-state index contributed by atoms with van der Waals surface area (Å²) in [4.78, 5) is 12.7. The Balaban J connectivity index is 1.82. The lowest BCUT2D eigenvalue weighted by molar-refractivity contribution is -0.119. The summed E-state index contributed by atoms with van der Waals surface area (Å²) >= 11 is 0. The highest BCUT2D eigenvalue weighted by Gasteiger charge is 2.44. The molecule has 31 heavy (non-hydrogen) atoms. The molecule has 168 valence electrons. The minimum atomic E-state index is -3.90. The number of hydrogen-bond acceptors (Lipinski definition) is 6. The maximum atomic E-state index is 13.5. The van der Waals surface area contributed by atoms with Gasteiger partial charge in [-0.25, -0.2) is 12.8 Å². The SMILES string of the molecule is COc1ccc(N(CC(=O)NCc2ccc(F)cc2)S(=O)(=O)C2C(C)NNC2C)cc1. The third-order valence-electron chi connectivity index (χ3n) is 5.23. The average Bonchev–Trinajstić information content (AvgIpc) is 3.10. The predicted molar refractivity (Wildman–Crippen MR) is 116 cm³/mol. The van der Waals surface area contributed by atoms with Gasteiger partial charge in [-0.1, -0.05) is 12.1 Å². The molecular formula is C21H27FN4O4S. The van der Waals surface area contributed by atoms with Crippen molar-refractivity contribution in [3.05, 3.63) is 59.9 Å². The van der Waals surface area contributed by atoms with Gasteiger partial charge < -0.3 is 10.1 Å². The number of benzene rings is 2. The molecule has 1 fully saturated rings. The second kappa shape index (κ2) is 9.63. The van der Waals surface area contributed by atoms with E-state index in [0.29, 0.717) is 17.0 Å². The lowest BCUT2D eigenvalue weighted by Gasteiger charge is -2.30. The molecule has 0 saturated carbocycles. The van der Waals surface area contributed by atoms with Crippen LogP contribution >= 0.6 is 0 Å². The molecule has 3 N–H and O–H groups in total. The minimum Gasteiger partial charge on any atom is -0.497 e. The van der Waals surface area contributed by atoms with Gasteiger partial charge in [-0.05, 0) is 55.8 Å². The summed E-state index contributed by atoms with van der Waals surface area (Å²) in [5.74, 6) is -0.260. The molecule has 1 aliphatic rings. The van der Waals surface area contributed by atoms with Gasteiger partial charge in [0.25, 0.3) is 0 Å². The van der Waals surface area contributed by atoms with Crippen LogP contribution in [0.2, 0.25) is 0 Å². The van der Waals surface area contributed by atoms with Crippen molar-refractivity contribution < 1.29 is 22.3 Å². The van der Waals surface area contributed by atoms with Gasteiger partial charge in [0, 0.05) is 18.6 Å². The van der Waals surface area contributed by atoms with Crippen molar-refractivity contribution in [2.75, 3.05) is 18.0 Å². The van der Waals surface area contributed by atoms with Crippen LogP contribution in [0.1, 0.15) is 19.4 Å². The number of sulfonamides is 1. The first-order chi connectivity index (χ1) is 14.7. The average molecular weight is 451 g/mol. The maximum Gasteiger partial charge on any atom is 0.241 e. The number of nitrogens with one attached hydrogen (secondary N) is 3. The van der Waals surface area contributed by atoms with Gasteiger partial charge in [0.1, 0.15) is 23.4 Å². The molecule has 2 atom stereocenters. The lowest BCUT2D eigenvalue weighted by Crippen LogP contribution is -2.50. The van der Waals surface area contributed by atoms with E-state index in [2.05, 4.69) is 16.2 Å². The quantitative estimate of drug-likeness (QED) is 0.564. The Labute approximate surface area is 181 Å². The summed E-state index contributed by atoms with van der Waals surface area (Å²) in [5, 5.41) is 1.94. The Bertz CT molecular complexity index is 989. The van der Waals surface area contributed by atoms with Crippen LogP contribution in [-0.4, -0.2) is 45.3 Å². The van der Waals surface area contributed by atoms with E-state index in [1.807, 2.05) is 0 Å². The van der Waals surface area contributed by atoms with Gasteiger partial charge >= 0.3 is 0 Å². The summed E-state index contributed by atoms with van der Waals surface area (Å²) in [6.45, 7) is 3.33. The predicted octanol–water partition coefficient (Wildman–Crippen LogP) is 1.54. The molecule has 1 saturated heterocycles. The molecule has 0 radical (unpaired) electrons. The number of hydrazine groups is 1. The second-order valence-electron chi connectivity index (χ2n) is 7.48. The lowest BCUT2D eigenvalue weighted by atomic mass is 10.2. The molecule has 0 aliphatic carbocycles. The number of carbonyl (C=O) groups excluding carboxylic acids is 1. The van der Waals surface area contributed by atoms with E-state index in [4.69, 9.17) is 4.74 Å². The number of anilines is 1. The summed E-state index contributed by atoms with van der Waals surface area (Å²) in [6.07, 6.45) is 0. The fourth-order valence-electron chi connectivity index (χ4n) is 3.59. The molecule has 0 spiro atoms. The molecular weight excluding hydrogens is 423 g/mol. The van der Waals surface area contributed by atoms with Crippen LogP contribution in [0.15, 0.2) is 48.5 Å². The number of hydrogen-bond donors (Lipinski definition) is 3. The maximum absolute atomic E-state index is 13.5. The van der Waals surface area contributed by atoms with Crippen LogP contribution in [0, 0.1) is 5.82 Å². The molecule has 1 aliphatic heterocycles. The number of carbonyl (C=O) groups is 1. The van der Waals surface area contributed by atoms with Crippen LogP contribution in [0.3, 0.4) is 0 Å². The van der Waals surface area contributed by atoms with E-state index >= 15 is 0 Å². The van der Waals surface area contributed by atoms with E-state index in [9.17, 15) is 17.6 Å². The van der Waals surface area contributed by atoms with Crippen molar-refractivity contribution in [2.45, 2.75) is 37.7 Å². The molecule has 3 rings (SSSR count). The van der Waals surface area contributed by atoms with Crippen LogP contribution in [-0.2, 0) is 21.4 Å². The van der Waals surface area contributed by atoms with Crippen molar-refractivity contribution in [2.24, 2.45) is 0 Å². The number of nitrogens with zero attached hydrogens (tertiary/aromatic N) is 1. The molecule has 1 amide bonds. The Morgan fingerprint density at radius 1 is 1.06 bits per heavy atom. The Morgan fingerprint density at radius 2 is 1.65 bits per heavy atom. The molecule has 2 unspecified atom stereocenters. The molecule has 10 heteroatoms. The standard InChI is InChI=1S/C21H27FN4O4S/c1-14-21(15(2)25-24-14)31(28,29)26(18-8-10-19(30-3)11-9-18)13-20(27)23-12-16-4-6-17(22)7-5-16/h4-11,14-15,21,24-25H,12-13H2,1-3H3,(H,23,27). The van der Waals surface area contributed by atoms with Gasteiger partial charge in [-0.15, -0.1) is 0 Å². The van der Waals surface area contributed by atoms with Crippen LogP contribution in [0.5, 0.6) is 5.75 Å². The summed E-state index contributed by atoms with van der Waals surface area (Å²) in [5.41, 5.74) is 6.97. The monoisotopic (exact) mass is 450 g/mol. The Hall–Kier alpha value is -2.69. The van der Waals surface area contributed by atoms with Gasteiger partial charge in [0.2, 0.25) is 15.9 Å². The zero-order valence-electron chi connectivity index (χ0n) is 17.6. The van der Waals surface area contributed by atoms with Crippen molar-refractivity contribution in [1.82, 2.24) is 16.2 Å². The van der Waals surface area contributed by atoms with Crippen molar-refractivity contribution >= 4 is 21.6 Å². The normalized spacial score (nSPS) is 21.0. The van der Waals surface area contributed by atoms with E-state index in [1.165, 1.54) is 19.2 Å². The fraction of sp³-hybridized carbons (Fsp3) is 0.381. The van der Waals surface area contributed by atoms with E-state index in [-0.39, 0.29) is 31.0 Å². The Kier molecular flexibility index (Phi) is 7.14. The second-order valence-corrected chi connectivity index (χ2v) is 9.50. The van der Waals surface area contributed by atoms with Crippen molar-refractivity contribution in [3.8, 4) is 5.75 Å².